The van der Waals surface area contributed by atoms with Crippen molar-refractivity contribution in [1.29, 1.82) is 0 Å². The lowest BCUT2D eigenvalue weighted by Crippen LogP contribution is -2.39. The van der Waals surface area contributed by atoms with Crippen molar-refractivity contribution in [3.63, 3.8) is 0 Å². The molecule has 2 aromatic heterocycles. The van der Waals surface area contributed by atoms with Crippen LogP contribution < -0.4 is 5.32 Å². The van der Waals surface area contributed by atoms with Gasteiger partial charge in [0.2, 0.25) is 5.91 Å². The standard InChI is InChI=1S/C18H22F3N5O3/c1-10-13(11(2)29-25-10)7-16(27)26-5-3-12(4-6-26)14-8-15(24-23-14)17(28)22-9-18(19,20)21/h8,12H,3-7,9H2,1-2H3,(H,22,28)(H,23,24). The number of hydrogen-bond donors (Lipinski definition) is 2. The van der Waals surface area contributed by atoms with Gasteiger partial charge in [0.1, 0.15) is 18.0 Å². The van der Waals surface area contributed by atoms with E-state index in [-0.39, 0.29) is 23.9 Å². The van der Waals surface area contributed by atoms with Crippen LogP contribution in [0, 0.1) is 13.8 Å². The second-order valence-electron chi connectivity index (χ2n) is 7.14. The van der Waals surface area contributed by atoms with Gasteiger partial charge in [0.05, 0.1) is 12.1 Å². The van der Waals surface area contributed by atoms with Crippen LogP contribution in [0.15, 0.2) is 10.6 Å². The molecule has 11 heteroatoms. The molecule has 29 heavy (non-hydrogen) atoms. The van der Waals surface area contributed by atoms with Gasteiger partial charge in [-0.2, -0.15) is 18.3 Å². The molecule has 0 unspecified atom stereocenters. The van der Waals surface area contributed by atoms with E-state index in [4.69, 9.17) is 4.52 Å². The maximum absolute atomic E-state index is 12.6. The number of aromatic nitrogens is 3. The van der Waals surface area contributed by atoms with Crippen LogP contribution in [-0.2, 0) is 11.2 Å². The van der Waals surface area contributed by atoms with Crippen molar-refractivity contribution < 1.29 is 27.3 Å². The van der Waals surface area contributed by atoms with E-state index >= 15 is 0 Å². The van der Waals surface area contributed by atoms with E-state index in [1.807, 2.05) is 0 Å². The van der Waals surface area contributed by atoms with Crippen molar-refractivity contribution >= 4 is 11.8 Å². The second-order valence-corrected chi connectivity index (χ2v) is 7.14. The number of halogens is 3. The smallest absolute Gasteiger partial charge is 0.361 e. The zero-order valence-corrected chi connectivity index (χ0v) is 16.1. The maximum atomic E-state index is 12.6. The molecule has 1 fully saturated rings. The van der Waals surface area contributed by atoms with Gasteiger partial charge in [-0.3, -0.25) is 14.7 Å². The summed E-state index contributed by atoms with van der Waals surface area (Å²) in [7, 11) is 0. The quantitative estimate of drug-likeness (QED) is 0.783. The number of H-pyrrole nitrogens is 1. The molecule has 0 bridgehead atoms. The molecule has 0 spiro atoms. The molecule has 2 amide bonds. The number of piperidine rings is 1. The van der Waals surface area contributed by atoms with Gasteiger partial charge in [-0.25, -0.2) is 0 Å². The van der Waals surface area contributed by atoms with Crippen molar-refractivity contribution in [3.8, 4) is 0 Å². The highest BCUT2D eigenvalue weighted by Crippen LogP contribution is 2.28. The van der Waals surface area contributed by atoms with Crippen LogP contribution in [0.2, 0.25) is 0 Å². The molecule has 2 N–H and O–H groups in total. The van der Waals surface area contributed by atoms with Crippen molar-refractivity contribution in [2.75, 3.05) is 19.6 Å². The highest BCUT2D eigenvalue weighted by Gasteiger charge is 2.29. The van der Waals surface area contributed by atoms with Gasteiger partial charge in [0.25, 0.3) is 5.91 Å². The van der Waals surface area contributed by atoms with Crippen molar-refractivity contribution in [2.45, 2.75) is 45.2 Å². The molecule has 3 heterocycles. The van der Waals surface area contributed by atoms with Crippen LogP contribution in [0.4, 0.5) is 13.2 Å². The van der Waals surface area contributed by atoms with Crippen molar-refractivity contribution in [3.05, 3.63) is 34.5 Å². The fraction of sp³-hybridized carbons (Fsp3) is 0.556. The molecule has 1 aliphatic heterocycles. The number of rotatable bonds is 5. The van der Waals surface area contributed by atoms with Gasteiger partial charge in [-0.15, -0.1) is 0 Å². The summed E-state index contributed by atoms with van der Waals surface area (Å²) in [6.45, 7) is 3.25. The van der Waals surface area contributed by atoms with Gasteiger partial charge in [0, 0.05) is 30.3 Å². The first-order chi connectivity index (χ1) is 13.6. The fourth-order valence-electron chi connectivity index (χ4n) is 3.39. The first kappa shape index (κ1) is 20.9. The predicted molar refractivity (Wildman–Crippen MR) is 95.2 cm³/mol. The molecule has 0 atom stereocenters. The monoisotopic (exact) mass is 413 g/mol. The van der Waals surface area contributed by atoms with E-state index in [9.17, 15) is 22.8 Å². The molecule has 158 valence electrons. The lowest BCUT2D eigenvalue weighted by atomic mass is 9.93. The summed E-state index contributed by atoms with van der Waals surface area (Å²) < 4.78 is 41.7. The zero-order chi connectivity index (χ0) is 21.2. The first-order valence-corrected chi connectivity index (χ1v) is 9.24. The summed E-state index contributed by atoms with van der Waals surface area (Å²) in [5.74, 6) is -0.194. The molecule has 0 aliphatic carbocycles. The molecule has 0 aromatic carbocycles. The Morgan fingerprint density at radius 2 is 2.00 bits per heavy atom. The van der Waals surface area contributed by atoms with Crippen LogP contribution in [0.1, 0.15) is 52.0 Å². The van der Waals surface area contributed by atoms with E-state index in [0.717, 1.165) is 5.56 Å². The average molecular weight is 413 g/mol. The van der Waals surface area contributed by atoms with Gasteiger partial charge >= 0.3 is 6.18 Å². The van der Waals surface area contributed by atoms with Crippen molar-refractivity contribution in [2.24, 2.45) is 0 Å². The summed E-state index contributed by atoms with van der Waals surface area (Å²) in [6.07, 6.45) is -2.91. The number of amides is 2. The summed E-state index contributed by atoms with van der Waals surface area (Å²) in [4.78, 5) is 26.1. The maximum Gasteiger partial charge on any atom is 0.405 e. The number of nitrogens with one attached hydrogen (secondary N) is 2. The number of nitrogens with zero attached hydrogens (tertiary/aromatic N) is 3. The van der Waals surface area contributed by atoms with E-state index in [2.05, 4.69) is 15.4 Å². The number of carbonyl (C=O) groups is 2. The molecule has 0 saturated carbocycles. The zero-order valence-electron chi connectivity index (χ0n) is 16.1. The van der Waals surface area contributed by atoms with Gasteiger partial charge < -0.3 is 14.7 Å². The molecule has 1 saturated heterocycles. The minimum Gasteiger partial charge on any atom is -0.361 e. The van der Waals surface area contributed by atoms with Gasteiger partial charge in [-0.05, 0) is 32.8 Å². The van der Waals surface area contributed by atoms with Crippen LogP contribution >= 0.6 is 0 Å². The summed E-state index contributed by atoms with van der Waals surface area (Å²) in [5, 5.41) is 12.2. The molecule has 8 nitrogen and oxygen atoms in total. The molecular weight excluding hydrogens is 391 g/mol. The van der Waals surface area contributed by atoms with Gasteiger partial charge in [0.15, 0.2) is 0 Å². The average Bonchev–Trinajstić information content (AvgIpc) is 3.28. The van der Waals surface area contributed by atoms with E-state index in [0.29, 0.717) is 43.1 Å². The van der Waals surface area contributed by atoms with E-state index < -0.39 is 18.6 Å². The fourth-order valence-corrected chi connectivity index (χ4v) is 3.39. The number of hydrogen-bond acceptors (Lipinski definition) is 5. The van der Waals surface area contributed by atoms with E-state index in [1.165, 1.54) is 6.07 Å². The van der Waals surface area contributed by atoms with Crippen LogP contribution in [0.25, 0.3) is 0 Å². The Hall–Kier alpha value is -2.85. The number of aryl methyl sites for hydroxylation is 2. The lowest BCUT2D eigenvalue weighted by molar-refractivity contribution is -0.131. The Bertz CT molecular complexity index is 862. The normalized spacial score (nSPS) is 15.6. The van der Waals surface area contributed by atoms with Crippen LogP contribution in [-0.4, -0.2) is 57.9 Å². The third kappa shape index (κ3) is 5.15. The second kappa shape index (κ2) is 8.26. The molecule has 3 rings (SSSR count). The summed E-state index contributed by atoms with van der Waals surface area (Å²) in [6, 6.07) is 1.47. The lowest BCUT2D eigenvalue weighted by Gasteiger charge is -2.31. The van der Waals surface area contributed by atoms with Crippen molar-refractivity contribution in [1.82, 2.24) is 25.6 Å². The molecular formula is C18H22F3N5O3. The Balaban J connectivity index is 1.52. The minimum atomic E-state index is -4.47. The topological polar surface area (TPSA) is 104 Å². The minimum absolute atomic E-state index is 0.00493. The first-order valence-electron chi connectivity index (χ1n) is 9.24. The number of likely N-dealkylation sites (tertiary alicyclic amines) is 1. The Labute approximate surface area is 164 Å². The third-order valence-corrected chi connectivity index (χ3v) is 5.08. The number of alkyl halides is 3. The number of aromatic amines is 1. The van der Waals surface area contributed by atoms with Crippen LogP contribution in [0.5, 0.6) is 0 Å². The number of carbonyl (C=O) groups excluding carboxylic acids is 2. The predicted octanol–water partition coefficient (Wildman–Crippen LogP) is 2.26. The highest BCUT2D eigenvalue weighted by atomic mass is 19.4. The Morgan fingerprint density at radius 1 is 1.31 bits per heavy atom. The largest absolute Gasteiger partial charge is 0.405 e. The van der Waals surface area contributed by atoms with Crippen LogP contribution in [0.3, 0.4) is 0 Å². The van der Waals surface area contributed by atoms with E-state index in [1.54, 1.807) is 24.1 Å². The SMILES string of the molecule is Cc1noc(C)c1CC(=O)N1CCC(c2cc(C(=O)NCC(F)(F)F)n[nH]2)CC1. The highest BCUT2D eigenvalue weighted by molar-refractivity contribution is 5.92. The molecule has 0 radical (unpaired) electrons. The third-order valence-electron chi connectivity index (χ3n) is 5.08. The van der Waals surface area contributed by atoms with Gasteiger partial charge in [-0.1, -0.05) is 5.16 Å². The summed E-state index contributed by atoms with van der Waals surface area (Å²) in [5.41, 5.74) is 2.11. The molecule has 1 aliphatic rings. The Morgan fingerprint density at radius 3 is 2.59 bits per heavy atom. The molecule has 2 aromatic rings. The summed E-state index contributed by atoms with van der Waals surface area (Å²) >= 11 is 0. The Kier molecular flexibility index (Phi) is 5.94.